The normalized spacial score (nSPS) is 21.9. The van der Waals surface area contributed by atoms with E-state index in [0.717, 1.165) is 39.0 Å². The Bertz CT molecular complexity index is 580. The summed E-state index contributed by atoms with van der Waals surface area (Å²) in [5, 5.41) is 9.36. The molecular weight excluding hydrogens is 396 g/mol. The molecule has 0 N–H and O–H groups in total. The summed E-state index contributed by atoms with van der Waals surface area (Å²) >= 11 is 0. The van der Waals surface area contributed by atoms with E-state index >= 15 is 0 Å². The van der Waals surface area contributed by atoms with Crippen LogP contribution in [0.1, 0.15) is 93.9 Å². The molecule has 2 rings (SSSR count). The van der Waals surface area contributed by atoms with Crippen molar-refractivity contribution in [1.82, 2.24) is 9.80 Å². The molecule has 2 unspecified atom stereocenters. The molecule has 0 aromatic carbocycles. The SMILES string of the molecule is CC(C)CCC1=NC(/N=N/C2CN(CCC(C)C)C(CCC(C)C)=N2)CN1CCC(C)C. The largest absolute Gasteiger partial charge is 0.356 e. The van der Waals surface area contributed by atoms with Gasteiger partial charge in [0.15, 0.2) is 12.3 Å². The van der Waals surface area contributed by atoms with E-state index in [4.69, 9.17) is 9.98 Å². The van der Waals surface area contributed by atoms with E-state index in [1.165, 1.54) is 37.4 Å². The third-order valence-corrected chi connectivity index (χ3v) is 6.27. The number of hydrogen-bond acceptors (Lipinski definition) is 6. The standard InChI is InChI=1S/C26H50N6/c1-19(2)9-11-25-27-23(17-31(25)15-13-21(5)6)29-30-24-18-32(16-14-22(7)8)26(28-24)12-10-20(3)4/h19-24H,9-18H2,1-8H3/b30-29+. The second-order valence-electron chi connectivity index (χ2n) is 11.4. The summed E-state index contributed by atoms with van der Waals surface area (Å²) in [6.07, 6.45) is 6.71. The molecule has 0 radical (unpaired) electrons. The number of aliphatic imine (C=N–C) groups is 2. The summed E-state index contributed by atoms with van der Waals surface area (Å²) in [7, 11) is 0. The van der Waals surface area contributed by atoms with E-state index < -0.39 is 0 Å². The summed E-state index contributed by atoms with van der Waals surface area (Å²) in [5.41, 5.74) is 0. The molecule has 0 amide bonds. The van der Waals surface area contributed by atoms with Crippen molar-refractivity contribution in [3.05, 3.63) is 0 Å². The molecule has 0 spiro atoms. The molecule has 2 aliphatic rings. The van der Waals surface area contributed by atoms with Crippen LogP contribution in [-0.2, 0) is 0 Å². The van der Waals surface area contributed by atoms with Gasteiger partial charge in [-0.2, -0.15) is 10.2 Å². The van der Waals surface area contributed by atoms with Gasteiger partial charge in [0.05, 0.1) is 13.1 Å². The zero-order chi connectivity index (χ0) is 23.7. The van der Waals surface area contributed by atoms with Gasteiger partial charge in [0.1, 0.15) is 11.7 Å². The lowest BCUT2D eigenvalue weighted by atomic mass is 10.1. The first-order chi connectivity index (χ1) is 15.1. The average molecular weight is 447 g/mol. The molecule has 184 valence electrons. The summed E-state index contributed by atoms with van der Waals surface area (Å²) in [6.45, 7) is 22.2. The quantitative estimate of drug-likeness (QED) is 0.287. The van der Waals surface area contributed by atoms with Gasteiger partial charge in [0, 0.05) is 25.9 Å². The van der Waals surface area contributed by atoms with Crippen LogP contribution in [0.5, 0.6) is 0 Å². The highest BCUT2D eigenvalue weighted by Gasteiger charge is 2.27. The van der Waals surface area contributed by atoms with Crippen LogP contribution < -0.4 is 0 Å². The summed E-state index contributed by atoms with van der Waals surface area (Å²) in [5.74, 6) is 5.26. The molecule has 2 aliphatic heterocycles. The summed E-state index contributed by atoms with van der Waals surface area (Å²) < 4.78 is 0. The van der Waals surface area contributed by atoms with E-state index in [-0.39, 0.29) is 12.3 Å². The van der Waals surface area contributed by atoms with Crippen LogP contribution in [0.15, 0.2) is 20.2 Å². The molecule has 6 heteroatoms. The fourth-order valence-corrected chi connectivity index (χ4v) is 4.02. The van der Waals surface area contributed by atoms with Gasteiger partial charge in [-0.25, -0.2) is 9.98 Å². The Morgan fingerprint density at radius 2 is 0.969 bits per heavy atom. The molecule has 2 heterocycles. The van der Waals surface area contributed by atoms with Crippen LogP contribution in [0, 0.1) is 23.7 Å². The van der Waals surface area contributed by atoms with Crippen LogP contribution in [0.3, 0.4) is 0 Å². The molecule has 0 saturated heterocycles. The predicted octanol–water partition coefficient (Wildman–Crippen LogP) is 6.48. The first-order valence-corrected chi connectivity index (χ1v) is 13.2. The van der Waals surface area contributed by atoms with Gasteiger partial charge in [0.25, 0.3) is 0 Å². The second kappa shape index (κ2) is 13.3. The summed E-state index contributed by atoms with van der Waals surface area (Å²) in [6, 6.07) is 0. The smallest absolute Gasteiger partial charge is 0.179 e. The van der Waals surface area contributed by atoms with Gasteiger partial charge in [-0.3, -0.25) is 0 Å². The Kier molecular flexibility index (Phi) is 11.1. The average Bonchev–Trinajstić information content (AvgIpc) is 3.29. The lowest BCUT2D eigenvalue weighted by Crippen LogP contribution is -2.31. The topological polar surface area (TPSA) is 55.9 Å². The van der Waals surface area contributed by atoms with Crippen LogP contribution in [0.2, 0.25) is 0 Å². The van der Waals surface area contributed by atoms with Crippen molar-refractivity contribution in [2.24, 2.45) is 43.9 Å². The van der Waals surface area contributed by atoms with Crippen molar-refractivity contribution in [2.75, 3.05) is 26.2 Å². The Hall–Kier alpha value is -1.46. The molecule has 0 aliphatic carbocycles. The fourth-order valence-electron chi connectivity index (χ4n) is 4.02. The number of hydrogen-bond donors (Lipinski definition) is 0. The van der Waals surface area contributed by atoms with Crippen molar-refractivity contribution in [2.45, 2.75) is 106 Å². The Labute approximate surface area is 198 Å². The van der Waals surface area contributed by atoms with Crippen molar-refractivity contribution >= 4 is 11.7 Å². The maximum Gasteiger partial charge on any atom is 0.179 e. The van der Waals surface area contributed by atoms with Gasteiger partial charge < -0.3 is 9.80 Å². The Morgan fingerprint density at radius 1 is 0.625 bits per heavy atom. The van der Waals surface area contributed by atoms with Gasteiger partial charge in [-0.05, 0) is 49.4 Å². The van der Waals surface area contributed by atoms with Crippen molar-refractivity contribution in [3.8, 4) is 0 Å². The molecule has 0 fully saturated rings. The lowest BCUT2D eigenvalue weighted by molar-refractivity contribution is 0.366. The molecule has 0 aromatic heterocycles. The maximum absolute atomic E-state index is 4.96. The van der Waals surface area contributed by atoms with Gasteiger partial charge in [-0.15, -0.1) is 0 Å². The third-order valence-electron chi connectivity index (χ3n) is 6.27. The Balaban J connectivity index is 2.00. The molecule has 2 atom stereocenters. The first-order valence-electron chi connectivity index (χ1n) is 13.2. The van der Waals surface area contributed by atoms with Gasteiger partial charge in [-0.1, -0.05) is 55.4 Å². The molecule has 0 saturated carbocycles. The highest BCUT2D eigenvalue weighted by atomic mass is 15.4. The van der Waals surface area contributed by atoms with Crippen LogP contribution in [0.25, 0.3) is 0 Å². The zero-order valence-electron chi connectivity index (χ0n) is 22.2. The molecule has 32 heavy (non-hydrogen) atoms. The molecule has 0 aromatic rings. The highest BCUT2D eigenvalue weighted by molar-refractivity contribution is 5.84. The minimum Gasteiger partial charge on any atom is -0.356 e. The monoisotopic (exact) mass is 446 g/mol. The number of nitrogens with zero attached hydrogens (tertiary/aromatic N) is 6. The van der Waals surface area contributed by atoms with Crippen molar-refractivity contribution in [1.29, 1.82) is 0 Å². The van der Waals surface area contributed by atoms with E-state index in [2.05, 4.69) is 75.4 Å². The molecule has 6 nitrogen and oxygen atoms in total. The van der Waals surface area contributed by atoms with Crippen LogP contribution in [-0.4, -0.2) is 60.0 Å². The first kappa shape index (κ1) is 26.8. The minimum atomic E-state index is -0.0663. The maximum atomic E-state index is 4.96. The highest BCUT2D eigenvalue weighted by Crippen LogP contribution is 2.21. The van der Waals surface area contributed by atoms with Crippen molar-refractivity contribution < 1.29 is 0 Å². The second-order valence-corrected chi connectivity index (χ2v) is 11.4. The Morgan fingerprint density at radius 3 is 1.28 bits per heavy atom. The number of amidine groups is 2. The van der Waals surface area contributed by atoms with Crippen LogP contribution >= 0.6 is 0 Å². The zero-order valence-corrected chi connectivity index (χ0v) is 22.2. The van der Waals surface area contributed by atoms with E-state index in [1.807, 2.05) is 0 Å². The summed E-state index contributed by atoms with van der Waals surface area (Å²) in [4.78, 5) is 14.8. The lowest BCUT2D eigenvalue weighted by Gasteiger charge is -2.22. The van der Waals surface area contributed by atoms with Gasteiger partial charge >= 0.3 is 0 Å². The van der Waals surface area contributed by atoms with E-state index in [9.17, 15) is 0 Å². The minimum absolute atomic E-state index is 0.0663. The van der Waals surface area contributed by atoms with Crippen LogP contribution in [0.4, 0.5) is 0 Å². The molecular formula is C26H50N6. The predicted molar refractivity (Wildman–Crippen MR) is 138 cm³/mol. The van der Waals surface area contributed by atoms with E-state index in [0.29, 0.717) is 23.7 Å². The third kappa shape index (κ3) is 9.58. The molecule has 0 bridgehead atoms. The number of rotatable bonds is 14. The van der Waals surface area contributed by atoms with E-state index in [1.54, 1.807) is 0 Å². The fraction of sp³-hybridized carbons (Fsp3) is 0.923. The number of azo groups is 1. The van der Waals surface area contributed by atoms with Gasteiger partial charge in [0.2, 0.25) is 0 Å². The van der Waals surface area contributed by atoms with Crippen molar-refractivity contribution in [3.63, 3.8) is 0 Å².